The Morgan fingerprint density at radius 2 is 1.72 bits per heavy atom. The molecule has 0 bridgehead atoms. The molecule has 1 saturated heterocycles. The summed E-state index contributed by atoms with van der Waals surface area (Å²) in [7, 11) is -1.53. The first kappa shape index (κ1) is 22.6. The molecule has 3 aromatic rings. The van der Waals surface area contributed by atoms with E-state index in [-0.39, 0.29) is 16.1 Å². The second-order valence-electron chi connectivity index (χ2n) is 7.74. The van der Waals surface area contributed by atoms with E-state index in [1.54, 1.807) is 24.3 Å². The van der Waals surface area contributed by atoms with Crippen LogP contribution in [-0.2, 0) is 21.9 Å². The van der Waals surface area contributed by atoms with Crippen LogP contribution in [-0.4, -0.2) is 46.5 Å². The predicted octanol–water partition coefficient (Wildman–Crippen LogP) is 3.99. The standard InChI is InChI=1S/C23H26N4O3S2/c1-17(31-23-24-16-21(26(23)2)18-8-4-3-5-9-18)22(28)25-19-10-12-20(13-11-19)32(29,30)27-14-6-7-15-27/h3-5,8-13,16-17H,6-7,14-15H2,1-2H3,(H,25,28)/t17-/m1/s1. The first-order valence-electron chi connectivity index (χ1n) is 10.5. The number of amides is 1. The van der Waals surface area contributed by atoms with Gasteiger partial charge in [-0.25, -0.2) is 13.4 Å². The third-order valence-electron chi connectivity index (χ3n) is 5.49. The zero-order chi connectivity index (χ0) is 22.7. The SMILES string of the molecule is C[C@@H](Sc1ncc(-c2ccccc2)n1C)C(=O)Nc1ccc(S(=O)(=O)N2CCCC2)cc1. The van der Waals surface area contributed by atoms with Crippen molar-refractivity contribution >= 4 is 33.4 Å². The predicted molar refractivity (Wildman–Crippen MR) is 127 cm³/mol. The van der Waals surface area contributed by atoms with E-state index < -0.39 is 10.0 Å². The molecule has 168 valence electrons. The van der Waals surface area contributed by atoms with Crippen molar-refractivity contribution in [3.8, 4) is 11.3 Å². The number of carbonyl (C=O) groups excluding carboxylic acids is 1. The Balaban J connectivity index is 1.39. The molecule has 1 amide bonds. The third-order valence-corrected chi connectivity index (χ3v) is 8.56. The van der Waals surface area contributed by atoms with Crippen molar-refractivity contribution in [1.29, 1.82) is 0 Å². The highest BCUT2D eigenvalue weighted by Crippen LogP contribution is 2.28. The normalized spacial score (nSPS) is 15.6. The number of hydrogen-bond acceptors (Lipinski definition) is 5. The smallest absolute Gasteiger partial charge is 0.243 e. The zero-order valence-electron chi connectivity index (χ0n) is 18.1. The summed E-state index contributed by atoms with van der Waals surface area (Å²) >= 11 is 1.37. The Morgan fingerprint density at radius 1 is 1.06 bits per heavy atom. The van der Waals surface area contributed by atoms with Crippen LogP contribution >= 0.6 is 11.8 Å². The monoisotopic (exact) mass is 470 g/mol. The van der Waals surface area contributed by atoms with Crippen LogP contribution in [0.2, 0.25) is 0 Å². The molecule has 1 aliphatic heterocycles. The number of carbonyl (C=O) groups is 1. The fourth-order valence-corrected chi connectivity index (χ4v) is 5.99. The summed E-state index contributed by atoms with van der Waals surface area (Å²) < 4.78 is 28.8. The van der Waals surface area contributed by atoms with Gasteiger partial charge in [0.2, 0.25) is 15.9 Å². The van der Waals surface area contributed by atoms with Crippen LogP contribution in [0.3, 0.4) is 0 Å². The summed E-state index contributed by atoms with van der Waals surface area (Å²) in [4.78, 5) is 17.4. The Kier molecular flexibility index (Phi) is 6.68. The quantitative estimate of drug-likeness (QED) is 0.528. The van der Waals surface area contributed by atoms with Crippen LogP contribution in [0.25, 0.3) is 11.3 Å². The van der Waals surface area contributed by atoms with Crippen LogP contribution in [0.5, 0.6) is 0 Å². The minimum absolute atomic E-state index is 0.172. The van der Waals surface area contributed by atoms with Crippen LogP contribution in [0.1, 0.15) is 19.8 Å². The zero-order valence-corrected chi connectivity index (χ0v) is 19.7. The lowest BCUT2D eigenvalue weighted by atomic mass is 10.2. The summed E-state index contributed by atoms with van der Waals surface area (Å²) in [6.45, 7) is 2.95. The number of nitrogens with one attached hydrogen (secondary N) is 1. The molecular weight excluding hydrogens is 444 g/mol. The molecule has 1 aliphatic rings. The summed E-state index contributed by atoms with van der Waals surface area (Å²) in [5.74, 6) is -0.172. The highest BCUT2D eigenvalue weighted by molar-refractivity contribution is 8.00. The molecule has 0 aliphatic carbocycles. The Morgan fingerprint density at radius 3 is 2.38 bits per heavy atom. The van der Waals surface area contributed by atoms with Gasteiger partial charge in [-0.15, -0.1) is 0 Å². The van der Waals surface area contributed by atoms with Gasteiger partial charge in [0.15, 0.2) is 5.16 Å². The average molecular weight is 471 g/mol. The minimum atomic E-state index is -3.46. The molecule has 1 aromatic heterocycles. The molecule has 1 N–H and O–H groups in total. The van der Waals surface area contributed by atoms with Gasteiger partial charge in [-0.05, 0) is 49.6 Å². The topological polar surface area (TPSA) is 84.3 Å². The maximum Gasteiger partial charge on any atom is 0.243 e. The van der Waals surface area contributed by atoms with Gasteiger partial charge in [0, 0.05) is 25.8 Å². The summed E-state index contributed by atoms with van der Waals surface area (Å²) in [5.41, 5.74) is 2.61. The van der Waals surface area contributed by atoms with Gasteiger partial charge < -0.3 is 9.88 Å². The molecule has 9 heteroatoms. The van der Waals surface area contributed by atoms with Gasteiger partial charge in [0.05, 0.1) is 22.0 Å². The van der Waals surface area contributed by atoms with E-state index in [1.165, 1.54) is 16.1 Å². The van der Waals surface area contributed by atoms with Gasteiger partial charge in [-0.1, -0.05) is 42.1 Å². The van der Waals surface area contributed by atoms with E-state index in [0.717, 1.165) is 29.3 Å². The second-order valence-corrected chi connectivity index (χ2v) is 11.0. The number of hydrogen-bond donors (Lipinski definition) is 1. The van der Waals surface area contributed by atoms with Gasteiger partial charge in [0.1, 0.15) is 0 Å². The number of anilines is 1. The first-order valence-corrected chi connectivity index (χ1v) is 12.8. The largest absolute Gasteiger partial charge is 0.325 e. The van der Waals surface area contributed by atoms with Crippen molar-refractivity contribution in [2.24, 2.45) is 7.05 Å². The Hall–Kier alpha value is -2.62. The van der Waals surface area contributed by atoms with E-state index in [9.17, 15) is 13.2 Å². The molecule has 4 rings (SSSR count). The van der Waals surface area contributed by atoms with Gasteiger partial charge in [-0.2, -0.15) is 4.31 Å². The maximum absolute atomic E-state index is 12.7. The van der Waals surface area contributed by atoms with Crippen molar-refractivity contribution in [2.45, 2.75) is 35.1 Å². The number of nitrogens with zero attached hydrogens (tertiary/aromatic N) is 3. The highest BCUT2D eigenvalue weighted by Gasteiger charge is 2.27. The van der Waals surface area contributed by atoms with Crippen molar-refractivity contribution in [3.05, 3.63) is 60.8 Å². The second kappa shape index (κ2) is 9.48. The summed E-state index contributed by atoms with van der Waals surface area (Å²) in [5, 5.41) is 3.23. The van der Waals surface area contributed by atoms with Crippen molar-refractivity contribution in [2.75, 3.05) is 18.4 Å². The van der Waals surface area contributed by atoms with Gasteiger partial charge in [0.25, 0.3) is 0 Å². The lowest BCUT2D eigenvalue weighted by Crippen LogP contribution is -2.27. The molecule has 0 radical (unpaired) electrons. The first-order chi connectivity index (χ1) is 15.4. The van der Waals surface area contributed by atoms with E-state index in [2.05, 4.69) is 10.3 Å². The number of imidazole rings is 1. The third kappa shape index (κ3) is 4.74. The van der Waals surface area contributed by atoms with E-state index >= 15 is 0 Å². The highest BCUT2D eigenvalue weighted by atomic mass is 32.2. The fourth-order valence-electron chi connectivity index (χ4n) is 3.62. The molecule has 7 nitrogen and oxygen atoms in total. The average Bonchev–Trinajstić information content (AvgIpc) is 3.46. The Labute approximate surface area is 192 Å². The maximum atomic E-state index is 12.7. The number of benzene rings is 2. The van der Waals surface area contributed by atoms with E-state index in [4.69, 9.17) is 0 Å². The molecule has 2 aromatic carbocycles. The summed E-state index contributed by atoms with van der Waals surface area (Å²) in [6, 6.07) is 16.3. The van der Waals surface area contributed by atoms with Crippen molar-refractivity contribution in [3.63, 3.8) is 0 Å². The van der Waals surface area contributed by atoms with Crippen LogP contribution in [0.4, 0.5) is 5.69 Å². The van der Waals surface area contributed by atoms with Crippen LogP contribution in [0.15, 0.2) is 70.8 Å². The summed E-state index contributed by atoms with van der Waals surface area (Å²) in [6.07, 6.45) is 3.60. The fraction of sp³-hybridized carbons (Fsp3) is 0.304. The Bertz CT molecular complexity index is 1190. The van der Waals surface area contributed by atoms with Crippen molar-refractivity contribution < 1.29 is 13.2 Å². The number of rotatable bonds is 7. The number of sulfonamides is 1. The number of aromatic nitrogens is 2. The van der Waals surface area contributed by atoms with E-state index in [0.29, 0.717) is 18.8 Å². The molecule has 1 atom stereocenters. The lowest BCUT2D eigenvalue weighted by Gasteiger charge is -2.16. The van der Waals surface area contributed by atoms with Crippen LogP contribution in [0, 0.1) is 0 Å². The molecular formula is C23H26N4O3S2. The van der Waals surface area contributed by atoms with Gasteiger partial charge >= 0.3 is 0 Å². The number of thioether (sulfide) groups is 1. The molecule has 1 fully saturated rings. The minimum Gasteiger partial charge on any atom is -0.325 e. The molecule has 32 heavy (non-hydrogen) atoms. The molecule has 2 heterocycles. The molecule has 0 unspecified atom stereocenters. The molecule has 0 spiro atoms. The van der Waals surface area contributed by atoms with Crippen molar-refractivity contribution in [1.82, 2.24) is 13.9 Å². The van der Waals surface area contributed by atoms with E-state index in [1.807, 2.05) is 55.1 Å². The molecule has 0 saturated carbocycles. The van der Waals surface area contributed by atoms with Crippen LogP contribution < -0.4 is 5.32 Å². The lowest BCUT2D eigenvalue weighted by molar-refractivity contribution is -0.115. The van der Waals surface area contributed by atoms with Gasteiger partial charge in [-0.3, -0.25) is 4.79 Å².